The van der Waals surface area contributed by atoms with Gasteiger partial charge in [0.2, 0.25) is 0 Å². The molecule has 0 saturated carbocycles. The van der Waals surface area contributed by atoms with E-state index in [-0.39, 0.29) is 0 Å². The number of hydrogen-bond donors (Lipinski definition) is 0. The van der Waals surface area contributed by atoms with E-state index in [0.29, 0.717) is 0 Å². The van der Waals surface area contributed by atoms with Crippen LogP contribution in [0.4, 0.5) is 0 Å². The van der Waals surface area contributed by atoms with Crippen molar-refractivity contribution in [2.24, 2.45) is 0 Å². The first-order valence-corrected chi connectivity index (χ1v) is 5.92. The number of rotatable bonds is 2. The lowest BCUT2D eigenvalue weighted by Crippen LogP contribution is -1.62. The Morgan fingerprint density at radius 3 is 1.60 bits per heavy atom. The normalized spacial score (nSPS) is 9.00. The molecular weight excluding hydrogens is 184 g/mol. The molecule has 0 bridgehead atoms. The third kappa shape index (κ3) is 59.4. The summed E-state index contributed by atoms with van der Waals surface area (Å²) in [6.07, 6.45) is 7.53. The second kappa shape index (κ2) is 37.6. The van der Waals surface area contributed by atoms with E-state index in [9.17, 15) is 0 Å². The molecule has 0 unspecified atom stereocenters. The lowest BCUT2D eigenvalue weighted by atomic mass is 10.2. The predicted molar refractivity (Wildman–Crippen MR) is 74.5 cm³/mol. The lowest BCUT2D eigenvalue weighted by Gasteiger charge is -1.84. The molecule has 94 valence electrons. The molecule has 0 aliphatic rings. The van der Waals surface area contributed by atoms with Gasteiger partial charge < -0.3 is 4.74 Å². The fourth-order valence-electron chi connectivity index (χ4n) is 0.400. The first kappa shape index (κ1) is 23.9. The zero-order valence-corrected chi connectivity index (χ0v) is 12.3. The Hall–Kier alpha value is -0.560. The molecule has 0 aromatic heterocycles. The summed E-state index contributed by atoms with van der Waals surface area (Å²) in [5.74, 6) is 0. The third-order valence-corrected chi connectivity index (χ3v) is 1.07. The van der Waals surface area contributed by atoms with Crippen LogP contribution in [0.25, 0.3) is 0 Å². The van der Waals surface area contributed by atoms with Crippen molar-refractivity contribution in [2.45, 2.75) is 54.9 Å². The van der Waals surface area contributed by atoms with Crippen LogP contribution in [-0.2, 0) is 4.74 Å². The lowest BCUT2D eigenvalue weighted by molar-refractivity contribution is 0.277. The van der Waals surface area contributed by atoms with Crippen LogP contribution < -0.4 is 0 Å². The van der Waals surface area contributed by atoms with E-state index in [1.54, 1.807) is 14.2 Å². The summed E-state index contributed by atoms with van der Waals surface area (Å²) >= 11 is 0. The monoisotopic (exact) mass is 216 g/mol. The Morgan fingerprint density at radius 1 is 1.07 bits per heavy atom. The van der Waals surface area contributed by atoms with Crippen LogP contribution in [0.1, 0.15) is 54.9 Å². The average Bonchev–Trinajstić information content (AvgIpc) is 2.32. The molecule has 15 heavy (non-hydrogen) atoms. The molecule has 0 rings (SSSR count). The van der Waals surface area contributed by atoms with Gasteiger partial charge in [-0.3, -0.25) is 0 Å². The van der Waals surface area contributed by atoms with Gasteiger partial charge in [0.15, 0.2) is 0 Å². The maximum absolute atomic E-state index is 4.25. The number of allylic oxidation sites excluding steroid dienone is 4. The maximum Gasteiger partial charge on any atom is 0.0351 e. The van der Waals surface area contributed by atoms with Crippen LogP contribution in [0.15, 0.2) is 23.8 Å². The number of hydrogen-bond acceptors (Lipinski definition) is 1. The topological polar surface area (TPSA) is 9.23 Å². The van der Waals surface area contributed by atoms with Gasteiger partial charge in [-0.2, -0.15) is 0 Å². The van der Waals surface area contributed by atoms with Gasteiger partial charge in [0, 0.05) is 14.2 Å². The smallest absolute Gasteiger partial charge is 0.0351 e. The van der Waals surface area contributed by atoms with Crippen molar-refractivity contribution in [3.63, 3.8) is 0 Å². The van der Waals surface area contributed by atoms with E-state index in [0.717, 1.165) is 6.42 Å². The summed E-state index contributed by atoms with van der Waals surface area (Å²) in [6.45, 7) is 14.3. The van der Waals surface area contributed by atoms with Crippen molar-refractivity contribution in [1.29, 1.82) is 0 Å². The molecule has 0 aliphatic carbocycles. The van der Waals surface area contributed by atoms with Gasteiger partial charge in [-0.25, -0.2) is 0 Å². The van der Waals surface area contributed by atoms with E-state index in [1.807, 2.05) is 27.7 Å². The van der Waals surface area contributed by atoms with Crippen LogP contribution in [0, 0.1) is 0 Å². The first-order chi connectivity index (χ1) is 7.22. The molecule has 0 fully saturated rings. The highest BCUT2D eigenvalue weighted by atomic mass is 16.4. The van der Waals surface area contributed by atoms with Crippen LogP contribution in [0.3, 0.4) is 0 Å². The fourth-order valence-corrected chi connectivity index (χ4v) is 0.400. The summed E-state index contributed by atoms with van der Waals surface area (Å²) in [6, 6.07) is 0. The van der Waals surface area contributed by atoms with Crippen molar-refractivity contribution in [2.75, 3.05) is 14.2 Å². The van der Waals surface area contributed by atoms with E-state index >= 15 is 0 Å². The van der Waals surface area contributed by atoms with Gasteiger partial charge in [0.05, 0.1) is 0 Å². The first-order valence-electron chi connectivity index (χ1n) is 5.92. The Bertz CT molecular complexity index is 113. The van der Waals surface area contributed by atoms with Gasteiger partial charge in [-0.05, 0) is 20.3 Å². The van der Waals surface area contributed by atoms with Crippen molar-refractivity contribution >= 4 is 0 Å². The molecule has 0 radical (unpaired) electrons. The highest BCUT2D eigenvalue weighted by molar-refractivity contribution is 5.14. The molecule has 0 amide bonds. The average molecular weight is 216 g/mol. The fraction of sp³-hybridized carbons (Fsp3) is 0.714. The minimum absolute atomic E-state index is 1.13. The van der Waals surface area contributed by atoms with E-state index in [4.69, 9.17) is 0 Å². The highest BCUT2D eigenvalue weighted by Crippen LogP contribution is 1.93. The van der Waals surface area contributed by atoms with Crippen molar-refractivity contribution in [3.8, 4) is 0 Å². The molecule has 0 heterocycles. The van der Waals surface area contributed by atoms with E-state index in [1.165, 1.54) is 5.57 Å². The van der Waals surface area contributed by atoms with Crippen LogP contribution in [-0.4, -0.2) is 14.2 Å². The van der Waals surface area contributed by atoms with Gasteiger partial charge in [-0.1, -0.05) is 58.4 Å². The quantitative estimate of drug-likeness (QED) is 0.574. The molecule has 0 aromatic carbocycles. The summed E-state index contributed by atoms with van der Waals surface area (Å²) in [5, 5.41) is 0. The minimum atomic E-state index is 1.13. The molecule has 0 N–H and O–H groups in total. The second-order valence-corrected chi connectivity index (χ2v) is 2.25. The van der Waals surface area contributed by atoms with Gasteiger partial charge >= 0.3 is 0 Å². The molecule has 0 atom stereocenters. The maximum atomic E-state index is 4.25. The SMILES string of the molecule is C/C=C(C)\C=C/CC.CC.CC.COC. The van der Waals surface area contributed by atoms with Crippen LogP contribution in [0.5, 0.6) is 0 Å². The van der Waals surface area contributed by atoms with Gasteiger partial charge in [-0.15, -0.1) is 0 Å². The molecule has 0 saturated heterocycles. The summed E-state index contributed by atoms with van der Waals surface area (Å²) in [7, 11) is 3.25. The van der Waals surface area contributed by atoms with E-state index in [2.05, 4.69) is 43.7 Å². The van der Waals surface area contributed by atoms with Crippen molar-refractivity contribution in [1.82, 2.24) is 0 Å². The Kier molecular flexibility index (Phi) is 59.9. The summed E-state index contributed by atoms with van der Waals surface area (Å²) in [4.78, 5) is 0. The molecular formula is C14H32O. The standard InChI is InChI=1S/C8H14.C2H6O.2C2H6/c1-4-6-7-8(3)5-2;1-3-2;2*1-2/h5-7H,4H2,1-3H3;1-2H3;2*1-2H3/b7-6-,8-5-;;;. The van der Waals surface area contributed by atoms with E-state index < -0.39 is 0 Å². The zero-order chi connectivity index (χ0) is 13.1. The van der Waals surface area contributed by atoms with Crippen LogP contribution in [0.2, 0.25) is 0 Å². The van der Waals surface area contributed by atoms with Crippen molar-refractivity contribution < 1.29 is 4.74 Å². The van der Waals surface area contributed by atoms with Crippen molar-refractivity contribution in [3.05, 3.63) is 23.8 Å². The van der Waals surface area contributed by atoms with Gasteiger partial charge in [0.25, 0.3) is 0 Å². The Balaban J connectivity index is -0.0000000726. The molecule has 0 aromatic rings. The summed E-state index contributed by atoms with van der Waals surface area (Å²) < 4.78 is 4.25. The minimum Gasteiger partial charge on any atom is -0.388 e. The highest BCUT2D eigenvalue weighted by Gasteiger charge is 1.72. The Labute approximate surface area is 98.2 Å². The zero-order valence-electron chi connectivity index (χ0n) is 12.3. The number of ether oxygens (including phenoxy) is 1. The summed E-state index contributed by atoms with van der Waals surface area (Å²) in [5.41, 5.74) is 1.34. The Morgan fingerprint density at radius 2 is 1.40 bits per heavy atom. The second-order valence-electron chi connectivity index (χ2n) is 2.25. The molecule has 1 nitrogen and oxygen atoms in total. The molecule has 1 heteroatoms. The van der Waals surface area contributed by atoms with Gasteiger partial charge in [0.1, 0.15) is 0 Å². The molecule has 0 aliphatic heterocycles. The predicted octanol–water partition coefficient (Wildman–Crippen LogP) is 5.23. The van der Waals surface area contributed by atoms with Crippen LogP contribution >= 0.6 is 0 Å². The molecule has 0 spiro atoms. The third-order valence-electron chi connectivity index (χ3n) is 1.07. The largest absolute Gasteiger partial charge is 0.388 e. The number of methoxy groups -OCH3 is 1.